The highest BCUT2D eigenvalue weighted by Gasteiger charge is 2.26. The van der Waals surface area contributed by atoms with Gasteiger partial charge in [0.25, 0.3) is 0 Å². The van der Waals surface area contributed by atoms with Gasteiger partial charge < -0.3 is 10.6 Å². The monoisotopic (exact) mass is 294 g/mol. The van der Waals surface area contributed by atoms with Crippen LogP contribution in [0.1, 0.15) is 44.7 Å². The van der Waals surface area contributed by atoms with Crippen molar-refractivity contribution in [2.45, 2.75) is 45.2 Å². The molecule has 1 amide bonds. The Hall–Kier alpha value is -1.06. The second-order valence-electron chi connectivity index (χ2n) is 5.66. The summed E-state index contributed by atoms with van der Waals surface area (Å²) in [7, 11) is 0. The van der Waals surface area contributed by atoms with Crippen LogP contribution in [0.25, 0.3) is 0 Å². The van der Waals surface area contributed by atoms with Crippen molar-refractivity contribution in [3.8, 4) is 0 Å². The van der Waals surface area contributed by atoms with Gasteiger partial charge in [-0.1, -0.05) is 37.6 Å². The number of rotatable bonds is 4. The van der Waals surface area contributed by atoms with Gasteiger partial charge in [-0.25, -0.2) is 0 Å². The molecule has 0 spiro atoms. The third-order valence-corrected chi connectivity index (χ3v) is 4.19. The second-order valence-corrected chi connectivity index (χ2v) is 6.10. The minimum Gasteiger partial charge on any atom is -0.348 e. The summed E-state index contributed by atoms with van der Waals surface area (Å²) in [5, 5.41) is 7.15. The van der Waals surface area contributed by atoms with Crippen molar-refractivity contribution in [1.29, 1.82) is 0 Å². The van der Waals surface area contributed by atoms with Crippen LogP contribution in [0.15, 0.2) is 24.3 Å². The van der Waals surface area contributed by atoms with Crippen LogP contribution in [0.2, 0.25) is 5.02 Å². The lowest BCUT2D eigenvalue weighted by Gasteiger charge is -2.29. The van der Waals surface area contributed by atoms with E-state index in [-0.39, 0.29) is 18.0 Å². The van der Waals surface area contributed by atoms with Crippen LogP contribution in [0.5, 0.6) is 0 Å². The SMILES string of the molecule is CCC(NC(=O)C1CC(C)CCN1)c1cccc(Cl)c1. The average molecular weight is 295 g/mol. The Morgan fingerprint density at radius 1 is 1.55 bits per heavy atom. The molecular weight excluding hydrogens is 272 g/mol. The van der Waals surface area contributed by atoms with Gasteiger partial charge >= 0.3 is 0 Å². The van der Waals surface area contributed by atoms with Gasteiger partial charge in [0.2, 0.25) is 5.91 Å². The fraction of sp³-hybridized carbons (Fsp3) is 0.562. The molecule has 4 heteroatoms. The molecule has 0 saturated carbocycles. The molecule has 0 radical (unpaired) electrons. The molecule has 1 heterocycles. The van der Waals surface area contributed by atoms with Crippen LogP contribution in [0.3, 0.4) is 0 Å². The van der Waals surface area contributed by atoms with Crippen molar-refractivity contribution < 1.29 is 4.79 Å². The second kappa shape index (κ2) is 7.09. The van der Waals surface area contributed by atoms with Crippen molar-refractivity contribution in [3.05, 3.63) is 34.9 Å². The van der Waals surface area contributed by atoms with Crippen molar-refractivity contribution >= 4 is 17.5 Å². The number of nitrogens with one attached hydrogen (secondary N) is 2. The predicted molar refractivity (Wildman–Crippen MR) is 82.8 cm³/mol. The van der Waals surface area contributed by atoms with Crippen molar-refractivity contribution in [2.24, 2.45) is 5.92 Å². The topological polar surface area (TPSA) is 41.1 Å². The molecule has 110 valence electrons. The number of hydrogen-bond acceptors (Lipinski definition) is 2. The summed E-state index contributed by atoms with van der Waals surface area (Å²) in [6.45, 7) is 5.20. The van der Waals surface area contributed by atoms with Crippen LogP contribution >= 0.6 is 11.6 Å². The lowest BCUT2D eigenvalue weighted by Crippen LogP contribution is -2.49. The summed E-state index contributed by atoms with van der Waals surface area (Å²) in [6.07, 6.45) is 2.92. The normalized spacial score (nSPS) is 24.1. The van der Waals surface area contributed by atoms with E-state index in [0.29, 0.717) is 10.9 Å². The van der Waals surface area contributed by atoms with E-state index < -0.39 is 0 Å². The third kappa shape index (κ3) is 3.97. The number of benzene rings is 1. The predicted octanol–water partition coefficient (Wildman–Crippen LogP) is 3.30. The number of amides is 1. The van der Waals surface area contributed by atoms with Gasteiger partial charge in [0.1, 0.15) is 0 Å². The molecule has 20 heavy (non-hydrogen) atoms. The first kappa shape index (κ1) is 15.3. The highest BCUT2D eigenvalue weighted by Crippen LogP contribution is 2.21. The summed E-state index contributed by atoms with van der Waals surface area (Å²) >= 11 is 6.03. The Morgan fingerprint density at radius 2 is 2.35 bits per heavy atom. The zero-order valence-electron chi connectivity index (χ0n) is 12.2. The molecule has 1 aliphatic heterocycles. The molecule has 0 aliphatic carbocycles. The van der Waals surface area contributed by atoms with Crippen LogP contribution in [0.4, 0.5) is 0 Å². The maximum Gasteiger partial charge on any atom is 0.237 e. The van der Waals surface area contributed by atoms with Gasteiger partial charge in [-0.3, -0.25) is 4.79 Å². The Labute approximate surface area is 126 Å². The maximum atomic E-state index is 12.4. The highest BCUT2D eigenvalue weighted by atomic mass is 35.5. The largest absolute Gasteiger partial charge is 0.348 e. The number of carbonyl (C=O) groups is 1. The van der Waals surface area contributed by atoms with E-state index in [1.54, 1.807) is 0 Å². The van der Waals surface area contributed by atoms with E-state index in [1.165, 1.54) is 0 Å². The lowest BCUT2D eigenvalue weighted by atomic mass is 9.93. The van der Waals surface area contributed by atoms with Crippen LogP contribution in [-0.4, -0.2) is 18.5 Å². The number of hydrogen-bond donors (Lipinski definition) is 2. The summed E-state index contributed by atoms with van der Waals surface area (Å²) in [6, 6.07) is 7.67. The maximum absolute atomic E-state index is 12.4. The molecule has 3 nitrogen and oxygen atoms in total. The average Bonchev–Trinajstić information content (AvgIpc) is 2.44. The molecule has 1 aliphatic rings. The molecule has 1 fully saturated rings. The van der Waals surface area contributed by atoms with Gasteiger partial charge in [0.15, 0.2) is 0 Å². The summed E-state index contributed by atoms with van der Waals surface area (Å²) in [4.78, 5) is 12.4. The minimum absolute atomic E-state index is 0.0280. The summed E-state index contributed by atoms with van der Waals surface area (Å²) < 4.78 is 0. The summed E-state index contributed by atoms with van der Waals surface area (Å²) in [5.41, 5.74) is 1.07. The molecule has 0 bridgehead atoms. The van der Waals surface area contributed by atoms with Crippen LogP contribution in [0, 0.1) is 5.92 Å². The Bertz CT molecular complexity index is 464. The number of piperidine rings is 1. The van der Waals surface area contributed by atoms with Gasteiger partial charge in [0.05, 0.1) is 12.1 Å². The zero-order chi connectivity index (χ0) is 14.5. The quantitative estimate of drug-likeness (QED) is 0.894. The highest BCUT2D eigenvalue weighted by molar-refractivity contribution is 6.30. The molecule has 0 aromatic heterocycles. The molecule has 3 atom stereocenters. The Morgan fingerprint density at radius 3 is 3.00 bits per heavy atom. The van der Waals surface area contributed by atoms with Crippen molar-refractivity contribution in [1.82, 2.24) is 10.6 Å². The van der Waals surface area contributed by atoms with Crippen LogP contribution < -0.4 is 10.6 Å². The smallest absolute Gasteiger partial charge is 0.237 e. The van der Waals surface area contributed by atoms with E-state index in [4.69, 9.17) is 11.6 Å². The van der Waals surface area contributed by atoms with Crippen LogP contribution in [-0.2, 0) is 4.79 Å². The van der Waals surface area contributed by atoms with E-state index >= 15 is 0 Å². The number of carbonyl (C=O) groups excluding carboxylic acids is 1. The molecular formula is C16H23ClN2O. The van der Waals surface area contributed by atoms with E-state index in [0.717, 1.165) is 31.4 Å². The van der Waals surface area contributed by atoms with Gasteiger partial charge in [-0.2, -0.15) is 0 Å². The fourth-order valence-electron chi connectivity index (χ4n) is 2.72. The van der Waals surface area contributed by atoms with E-state index in [1.807, 2.05) is 24.3 Å². The fourth-order valence-corrected chi connectivity index (χ4v) is 2.92. The first-order chi connectivity index (χ1) is 9.60. The van der Waals surface area contributed by atoms with Crippen molar-refractivity contribution in [3.63, 3.8) is 0 Å². The molecule has 1 aromatic carbocycles. The Balaban J connectivity index is 2.00. The lowest BCUT2D eigenvalue weighted by molar-refractivity contribution is -0.124. The molecule has 3 unspecified atom stereocenters. The first-order valence-corrected chi connectivity index (χ1v) is 7.77. The molecule has 1 saturated heterocycles. The standard InChI is InChI=1S/C16H23ClN2O/c1-3-14(12-5-4-6-13(17)10-12)19-16(20)15-9-11(2)7-8-18-15/h4-6,10-11,14-15,18H,3,7-9H2,1-2H3,(H,19,20). The minimum atomic E-state index is -0.0630. The van der Waals surface area contributed by atoms with E-state index in [2.05, 4.69) is 24.5 Å². The number of halogens is 1. The molecule has 2 N–H and O–H groups in total. The van der Waals surface area contributed by atoms with Gasteiger partial charge in [-0.05, 0) is 49.4 Å². The van der Waals surface area contributed by atoms with E-state index in [9.17, 15) is 4.79 Å². The van der Waals surface area contributed by atoms with Gasteiger partial charge in [0, 0.05) is 5.02 Å². The summed E-state index contributed by atoms with van der Waals surface area (Å²) in [5.74, 6) is 0.710. The zero-order valence-corrected chi connectivity index (χ0v) is 12.9. The van der Waals surface area contributed by atoms with Gasteiger partial charge in [-0.15, -0.1) is 0 Å². The molecule has 1 aromatic rings. The Kier molecular flexibility index (Phi) is 5.44. The van der Waals surface area contributed by atoms with Crippen molar-refractivity contribution in [2.75, 3.05) is 6.54 Å². The molecule has 2 rings (SSSR count). The third-order valence-electron chi connectivity index (χ3n) is 3.96. The first-order valence-electron chi connectivity index (χ1n) is 7.39.